The van der Waals surface area contributed by atoms with Crippen LogP contribution in [0.15, 0.2) is 61.1 Å². The van der Waals surface area contributed by atoms with E-state index in [0.29, 0.717) is 19.7 Å². The van der Waals surface area contributed by atoms with Crippen molar-refractivity contribution in [1.82, 2.24) is 15.3 Å². The molecule has 0 bridgehead atoms. The Kier molecular flexibility index (Phi) is 4.91. The van der Waals surface area contributed by atoms with E-state index >= 15 is 0 Å². The van der Waals surface area contributed by atoms with Crippen LogP contribution in [0.3, 0.4) is 0 Å². The molecule has 0 aliphatic carbocycles. The predicted molar refractivity (Wildman–Crippen MR) is 104 cm³/mol. The number of aromatic amines is 1. The Bertz CT molecular complexity index is 896. The summed E-state index contributed by atoms with van der Waals surface area (Å²) in [4.78, 5) is 21.6. The highest BCUT2D eigenvalue weighted by Crippen LogP contribution is 2.34. The van der Waals surface area contributed by atoms with E-state index < -0.39 is 0 Å². The lowest BCUT2D eigenvalue weighted by Gasteiger charge is -2.31. The highest BCUT2D eigenvalue weighted by Gasteiger charge is 2.19. The molecule has 7 nitrogen and oxygen atoms in total. The Morgan fingerprint density at radius 3 is 2.93 bits per heavy atom. The molecule has 1 aliphatic rings. The molecule has 0 saturated heterocycles. The largest absolute Gasteiger partial charge is 0.490 e. The maximum absolute atomic E-state index is 12.2. The molecular formula is C20H21N5O2. The van der Waals surface area contributed by atoms with Gasteiger partial charge in [-0.05, 0) is 23.8 Å². The molecule has 0 fully saturated rings. The predicted octanol–water partition coefficient (Wildman–Crippen LogP) is 3.13. The highest BCUT2D eigenvalue weighted by atomic mass is 16.5. The molecule has 0 radical (unpaired) electrons. The van der Waals surface area contributed by atoms with Crippen molar-refractivity contribution in [3.05, 3.63) is 72.3 Å². The van der Waals surface area contributed by atoms with Gasteiger partial charge in [-0.15, -0.1) is 0 Å². The number of aromatic nitrogens is 2. The second-order valence-corrected chi connectivity index (χ2v) is 6.32. The minimum absolute atomic E-state index is 0.240. The number of ether oxygens (including phenoxy) is 1. The topological polar surface area (TPSA) is 82.3 Å². The zero-order valence-corrected chi connectivity index (χ0v) is 14.8. The molecule has 2 heterocycles. The van der Waals surface area contributed by atoms with Gasteiger partial charge in [0.1, 0.15) is 12.4 Å². The van der Waals surface area contributed by atoms with E-state index in [2.05, 4.69) is 25.5 Å². The summed E-state index contributed by atoms with van der Waals surface area (Å²) in [7, 11) is 0. The summed E-state index contributed by atoms with van der Waals surface area (Å²) < 4.78 is 5.74. The van der Waals surface area contributed by atoms with Crippen molar-refractivity contribution < 1.29 is 9.53 Å². The standard InChI is InChI=1S/C20H21N5O2/c26-20(22-11-15-4-2-1-3-5-15)24-16-6-7-19-18(10-16)25(8-9-27-19)13-17-12-21-14-23-17/h1-7,10,12,14H,8-9,11,13H2,(H,21,23)(H2,22,24,26). The summed E-state index contributed by atoms with van der Waals surface area (Å²) in [5, 5.41) is 5.76. The average Bonchev–Trinajstić information content (AvgIpc) is 3.21. The lowest BCUT2D eigenvalue weighted by atomic mass is 10.2. The molecule has 138 valence electrons. The number of fused-ring (bicyclic) bond motifs is 1. The Morgan fingerprint density at radius 2 is 2.11 bits per heavy atom. The van der Waals surface area contributed by atoms with Crippen LogP contribution in [0.25, 0.3) is 0 Å². The Labute approximate surface area is 157 Å². The quantitative estimate of drug-likeness (QED) is 0.650. The van der Waals surface area contributed by atoms with Crippen LogP contribution in [-0.4, -0.2) is 29.2 Å². The van der Waals surface area contributed by atoms with Crippen molar-refractivity contribution in [2.75, 3.05) is 23.4 Å². The van der Waals surface area contributed by atoms with Crippen LogP contribution < -0.4 is 20.3 Å². The summed E-state index contributed by atoms with van der Waals surface area (Å²) in [6.07, 6.45) is 3.49. The second kappa shape index (κ2) is 7.82. The van der Waals surface area contributed by atoms with E-state index in [9.17, 15) is 4.79 Å². The smallest absolute Gasteiger partial charge is 0.319 e. The molecule has 0 unspecified atom stereocenters. The molecule has 2 amide bonds. The SMILES string of the molecule is O=C(NCc1ccccc1)Nc1ccc2c(c1)N(Cc1cnc[nH]1)CCO2. The fraction of sp³-hybridized carbons (Fsp3) is 0.200. The van der Waals surface area contributed by atoms with Crippen LogP contribution >= 0.6 is 0 Å². The number of rotatable bonds is 5. The third-order valence-corrected chi connectivity index (χ3v) is 4.39. The summed E-state index contributed by atoms with van der Waals surface area (Å²) in [5.74, 6) is 0.816. The number of H-pyrrole nitrogens is 1. The number of carbonyl (C=O) groups excluding carboxylic acids is 1. The third-order valence-electron chi connectivity index (χ3n) is 4.39. The summed E-state index contributed by atoms with van der Waals surface area (Å²) in [6, 6.07) is 15.2. The fourth-order valence-corrected chi connectivity index (χ4v) is 3.05. The Balaban J connectivity index is 1.42. The molecule has 2 aromatic carbocycles. The van der Waals surface area contributed by atoms with Gasteiger partial charge in [-0.1, -0.05) is 30.3 Å². The van der Waals surface area contributed by atoms with E-state index in [1.807, 2.05) is 54.7 Å². The highest BCUT2D eigenvalue weighted by molar-refractivity contribution is 5.90. The maximum atomic E-state index is 12.2. The molecule has 4 rings (SSSR count). The number of nitrogens with zero attached hydrogens (tertiary/aromatic N) is 2. The van der Waals surface area contributed by atoms with Gasteiger partial charge in [-0.3, -0.25) is 0 Å². The van der Waals surface area contributed by atoms with Gasteiger partial charge in [0.25, 0.3) is 0 Å². The summed E-state index contributed by atoms with van der Waals surface area (Å²) in [5.41, 5.74) is 3.76. The first-order valence-corrected chi connectivity index (χ1v) is 8.86. The molecule has 1 aliphatic heterocycles. The zero-order valence-electron chi connectivity index (χ0n) is 14.8. The van der Waals surface area contributed by atoms with Crippen molar-refractivity contribution in [1.29, 1.82) is 0 Å². The van der Waals surface area contributed by atoms with E-state index in [1.54, 1.807) is 6.33 Å². The van der Waals surface area contributed by atoms with E-state index in [4.69, 9.17) is 4.74 Å². The first-order valence-electron chi connectivity index (χ1n) is 8.86. The van der Waals surface area contributed by atoms with Crippen LogP contribution in [-0.2, 0) is 13.1 Å². The fourth-order valence-electron chi connectivity index (χ4n) is 3.05. The zero-order chi connectivity index (χ0) is 18.5. The summed E-state index contributed by atoms with van der Waals surface area (Å²) in [6.45, 7) is 2.59. The monoisotopic (exact) mass is 363 g/mol. The number of carbonyl (C=O) groups is 1. The Hall–Kier alpha value is -3.48. The minimum Gasteiger partial charge on any atom is -0.490 e. The van der Waals surface area contributed by atoms with E-state index in [-0.39, 0.29) is 6.03 Å². The Morgan fingerprint density at radius 1 is 1.22 bits per heavy atom. The number of hydrogen-bond acceptors (Lipinski definition) is 4. The molecular weight excluding hydrogens is 342 g/mol. The lowest BCUT2D eigenvalue weighted by Crippen LogP contribution is -2.32. The van der Waals surface area contributed by atoms with Crippen molar-refractivity contribution in [2.45, 2.75) is 13.1 Å². The molecule has 7 heteroatoms. The second-order valence-electron chi connectivity index (χ2n) is 6.32. The van der Waals surface area contributed by atoms with Gasteiger partial charge in [-0.25, -0.2) is 9.78 Å². The van der Waals surface area contributed by atoms with E-state index in [0.717, 1.165) is 34.9 Å². The van der Waals surface area contributed by atoms with E-state index in [1.165, 1.54) is 0 Å². The number of nitrogens with one attached hydrogen (secondary N) is 3. The molecule has 3 aromatic rings. The van der Waals surface area contributed by atoms with Crippen LogP contribution in [0, 0.1) is 0 Å². The van der Waals surface area contributed by atoms with Crippen molar-refractivity contribution in [3.63, 3.8) is 0 Å². The van der Waals surface area contributed by atoms with Crippen LogP contribution in [0.4, 0.5) is 16.2 Å². The first kappa shape index (κ1) is 17.0. The average molecular weight is 363 g/mol. The molecule has 27 heavy (non-hydrogen) atoms. The maximum Gasteiger partial charge on any atom is 0.319 e. The number of amides is 2. The lowest BCUT2D eigenvalue weighted by molar-refractivity contribution is 0.251. The molecule has 0 atom stereocenters. The number of benzene rings is 2. The van der Waals surface area contributed by atoms with Crippen LogP contribution in [0.2, 0.25) is 0 Å². The van der Waals surface area contributed by atoms with Gasteiger partial charge in [-0.2, -0.15) is 0 Å². The van der Waals surface area contributed by atoms with Gasteiger partial charge in [0.15, 0.2) is 0 Å². The molecule has 0 spiro atoms. The van der Waals surface area contributed by atoms with Gasteiger partial charge in [0, 0.05) is 18.4 Å². The number of anilines is 2. The molecule has 0 saturated carbocycles. The van der Waals surface area contributed by atoms with Gasteiger partial charge < -0.3 is 25.3 Å². The summed E-state index contributed by atoms with van der Waals surface area (Å²) >= 11 is 0. The molecule has 3 N–H and O–H groups in total. The van der Waals surface area contributed by atoms with Crippen molar-refractivity contribution in [3.8, 4) is 5.75 Å². The third kappa shape index (κ3) is 4.20. The number of hydrogen-bond donors (Lipinski definition) is 3. The van der Waals surface area contributed by atoms with Gasteiger partial charge in [0.05, 0.1) is 30.8 Å². The van der Waals surface area contributed by atoms with Crippen molar-refractivity contribution >= 4 is 17.4 Å². The van der Waals surface area contributed by atoms with Crippen LogP contribution in [0.1, 0.15) is 11.3 Å². The number of urea groups is 1. The van der Waals surface area contributed by atoms with Crippen LogP contribution in [0.5, 0.6) is 5.75 Å². The normalized spacial score (nSPS) is 12.8. The van der Waals surface area contributed by atoms with Crippen molar-refractivity contribution in [2.24, 2.45) is 0 Å². The molecule has 1 aromatic heterocycles. The first-order chi connectivity index (χ1) is 13.3. The minimum atomic E-state index is -0.240. The van der Waals surface area contributed by atoms with Gasteiger partial charge in [0.2, 0.25) is 0 Å². The number of imidazole rings is 1. The van der Waals surface area contributed by atoms with Gasteiger partial charge >= 0.3 is 6.03 Å².